The average molecular weight is 540 g/mol. The van der Waals surface area contributed by atoms with E-state index >= 15 is 0 Å². The van der Waals surface area contributed by atoms with Crippen LogP contribution in [0, 0.1) is 11.6 Å². The molecule has 0 saturated carbocycles. The third-order valence-corrected chi connectivity index (χ3v) is 7.80. The standard InChI is InChI=1S/C21H16ClF2N5O4S2/c1-25-12-4-2-11(3-5-12)16-10-18(30)29(27-16)20-14(23)8-13(9-15(20)24)26-21(31)28-35(32,33)19-7-6-17(22)34-19/h2-10,25,27H,1H3,(H2,26,28,31). The van der Waals surface area contributed by atoms with Crippen LogP contribution in [0.25, 0.3) is 16.9 Å². The van der Waals surface area contributed by atoms with Gasteiger partial charge in [-0.15, -0.1) is 11.3 Å². The molecule has 0 fully saturated rings. The summed E-state index contributed by atoms with van der Waals surface area (Å²) >= 11 is 6.43. The maximum atomic E-state index is 14.8. The summed E-state index contributed by atoms with van der Waals surface area (Å²) in [6.45, 7) is 0. The minimum Gasteiger partial charge on any atom is -0.388 e. The van der Waals surface area contributed by atoms with E-state index < -0.39 is 38.9 Å². The van der Waals surface area contributed by atoms with Gasteiger partial charge in [0, 0.05) is 24.5 Å². The molecule has 0 aliphatic carbocycles. The van der Waals surface area contributed by atoms with Gasteiger partial charge >= 0.3 is 6.03 Å². The van der Waals surface area contributed by atoms with Gasteiger partial charge < -0.3 is 10.6 Å². The van der Waals surface area contributed by atoms with Crippen LogP contribution in [0.4, 0.5) is 25.0 Å². The van der Waals surface area contributed by atoms with Gasteiger partial charge in [-0.25, -0.2) is 31.4 Å². The monoisotopic (exact) mass is 539 g/mol. The van der Waals surface area contributed by atoms with Gasteiger partial charge in [-0.1, -0.05) is 23.7 Å². The Balaban J connectivity index is 1.57. The van der Waals surface area contributed by atoms with E-state index in [4.69, 9.17) is 11.6 Å². The van der Waals surface area contributed by atoms with E-state index in [0.717, 1.165) is 29.2 Å². The summed E-state index contributed by atoms with van der Waals surface area (Å²) in [6, 6.07) is 11.0. The lowest BCUT2D eigenvalue weighted by atomic mass is 10.1. The Hall–Kier alpha value is -3.68. The quantitative estimate of drug-likeness (QED) is 0.289. The van der Waals surface area contributed by atoms with Gasteiger partial charge in [0.1, 0.15) is 9.90 Å². The van der Waals surface area contributed by atoms with Crippen LogP contribution in [0.15, 0.2) is 63.6 Å². The summed E-state index contributed by atoms with van der Waals surface area (Å²) < 4.78 is 56.4. The molecule has 0 unspecified atom stereocenters. The van der Waals surface area contributed by atoms with Gasteiger partial charge in [0.05, 0.1) is 10.0 Å². The molecule has 4 N–H and O–H groups in total. The summed E-state index contributed by atoms with van der Waals surface area (Å²) in [6.07, 6.45) is 0. The molecule has 0 aliphatic rings. The molecular weight excluding hydrogens is 524 g/mol. The lowest BCUT2D eigenvalue weighted by Crippen LogP contribution is -2.34. The third-order valence-electron chi connectivity index (χ3n) is 4.74. The van der Waals surface area contributed by atoms with E-state index in [2.05, 4.69) is 15.7 Å². The van der Waals surface area contributed by atoms with Crippen molar-refractivity contribution in [2.24, 2.45) is 0 Å². The lowest BCUT2D eigenvalue weighted by molar-refractivity contribution is 0.256. The normalized spacial score (nSPS) is 11.3. The predicted octanol–water partition coefficient (Wildman–Crippen LogP) is 4.38. The second-order valence-electron chi connectivity index (χ2n) is 7.08. The summed E-state index contributed by atoms with van der Waals surface area (Å²) in [7, 11) is -2.48. The van der Waals surface area contributed by atoms with Crippen molar-refractivity contribution in [1.82, 2.24) is 14.5 Å². The smallest absolute Gasteiger partial charge is 0.333 e. The van der Waals surface area contributed by atoms with Crippen LogP contribution in [0.3, 0.4) is 0 Å². The fourth-order valence-electron chi connectivity index (χ4n) is 3.15. The first-order valence-corrected chi connectivity index (χ1v) is 12.4. The summed E-state index contributed by atoms with van der Waals surface area (Å²) in [5.74, 6) is -2.34. The third kappa shape index (κ3) is 5.21. The molecule has 0 aliphatic heterocycles. The molecule has 4 rings (SSSR count). The van der Waals surface area contributed by atoms with Gasteiger partial charge in [-0.3, -0.25) is 9.89 Å². The van der Waals surface area contributed by atoms with Gasteiger partial charge in [0.15, 0.2) is 11.6 Å². The van der Waals surface area contributed by atoms with Crippen molar-refractivity contribution in [1.29, 1.82) is 0 Å². The van der Waals surface area contributed by atoms with E-state index in [9.17, 15) is 26.8 Å². The van der Waals surface area contributed by atoms with Gasteiger partial charge in [-0.05, 0) is 42.0 Å². The fraction of sp³-hybridized carbons (Fsp3) is 0.0476. The van der Waals surface area contributed by atoms with Crippen molar-refractivity contribution < 1.29 is 22.0 Å². The molecule has 0 saturated heterocycles. The van der Waals surface area contributed by atoms with Crippen LogP contribution in [0.2, 0.25) is 4.34 Å². The van der Waals surface area contributed by atoms with Crippen LogP contribution >= 0.6 is 22.9 Å². The van der Waals surface area contributed by atoms with Crippen LogP contribution < -0.4 is 20.9 Å². The molecule has 2 aromatic carbocycles. The number of anilines is 2. The molecule has 9 nitrogen and oxygen atoms in total. The van der Waals surface area contributed by atoms with E-state index in [1.165, 1.54) is 18.2 Å². The average Bonchev–Trinajstić information content (AvgIpc) is 3.39. The van der Waals surface area contributed by atoms with Crippen molar-refractivity contribution in [2.75, 3.05) is 17.7 Å². The van der Waals surface area contributed by atoms with Crippen molar-refractivity contribution in [3.05, 3.63) is 80.9 Å². The number of carbonyl (C=O) groups excluding carboxylic acids is 1. The molecule has 0 spiro atoms. The molecule has 182 valence electrons. The zero-order valence-corrected chi connectivity index (χ0v) is 20.1. The number of H-pyrrole nitrogens is 1. The van der Waals surface area contributed by atoms with Crippen molar-refractivity contribution >= 4 is 50.4 Å². The number of nitrogens with zero attached hydrogens (tertiary/aromatic N) is 1. The Bertz CT molecular complexity index is 1560. The number of nitrogens with one attached hydrogen (secondary N) is 4. The van der Waals surface area contributed by atoms with Crippen molar-refractivity contribution in [3.8, 4) is 16.9 Å². The predicted molar refractivity (Wildman–Crippen MR) is 130 cm³/mol. The number of sulfonamides is 1. The molecule has 2 heterocycles. The van der Waals surface area contributed by atoms with Gasteiger partial charge in [0.2, 0.25) is 0 Å². The highest BCUT2D eigenvalue weighted by molar-refractivity contribution is 7.92. The largest absolute Gasteiger partial charge is 0.388 e. The number of amides is 2. The Morgan fingerprint density at radius 3 is 2.26 bits per heavy atom. The number of carbonyl (C=O) groups is 1. The number of rotatable bonds is 6. The van der Waals surface area contributed by atoms with E-state index in [1.54, 1.807) is 36.0 Å². The number of aromatic amines is 1. The molecule has 0 atom stereocenters. The zero-order valence-electron chi connectivity index (χ0n) is 17.7. The molecule has 2 amide bonds. The first kappa shape index (κ1) is 24.4. The van der Waals surface area contributed by atoms with Crippen LogP contribution in [0.1, 0.15) is 0 Å². The lowest BCUT2D eigenvalue weighted by Gasteiger charge is -2.11. The number of urea groups is 1. The SMILES string of the molecule is CNc1ccc(-c2cc(=O)n(-c3c(F)cc(NC(=O)NS(=O)(=O)c4ccc(Cl)s4)cc3F)[nH]2)cc1. The molecule has 4 aromatic rings. The fourth-order valence-corrected chi connectivity index (χ4v) is 5.54. The number of thiophene rings is 1. The molecule has 35 heavy (non-hydrogen) atoms. The highest BCUT2D eigenvalue weighted by Gasteiger charge is 2.22. The number of hydrogen-bond acceptors (Lipinski definition) is 6. The first-order valence-electron chi connectivity index (χ1n) is 9.76. The Morgan fingerprint density at radius 2 is 1.69 bits per heavy atom. The summed E-state index contributed by atoms with van der Waals surface area (Å²) in [4.78, 5) is 24.5. The van der Waals surface area contributed by atoms with Crippen LogP contribution in [-0.2, 0) is 10.0 Å². The Kier molecular flexibility index (Phi) is 6.65. The molecule has 14 heteroatoms. The van der Waals surface area contributed by atoms with Crippen molar-refractivity contribution in [2.45, 2.75) is 4.21 Å². The summed E-state index contributed by atoms with van der Waals surface area (Å²) in [5.41, 5.74) is 0.00482. The summed E-state index contributed by atoms with van der Waals surface area (Å²) in [5, 5.41) is 7.66. The Labute approximate surface area is 206 Å². The minimum atomic E-state index is -4.23. The maximum Gasteiger partial charge on any atom is 0.333 e. The Morgan fingerprint density at radius 1 is 1.03 bits per heavy atom. The van der Waals surface area contributed by atoms with E-state index in [-0.39, 0.29) is 14.2 Å². The van der Waals surface area contributed by atoms with E-state index in [0.29, 0.717) is 15.9 Å². The number of aromatic nitrogens is 2. The number of hydrogen-bond donors (Lipinski definition) is 4. The highest BCUT2D eigenvalue weighted by Crippen LogP contribution is 2.26. The molecular formula is C21H16ClF2N5O4S2. The molecule has 2 aromatic heterocycles. The van der Waals surface area contributed by atoms with Crippen molar-refractivity contribution in [3.63, 3.8) is 0 Å². The molecule has 0 radical (unpaired) electrons. The number of benzene rings is 2. The van der Waals surface area contributed by atoms with Crippen LogP contribution in [0.5, 0.6) is 0 Å². The second-order valence-corrected chi connectivity index (χ2v) is 10.7. The first-order chi connectivity index (χ1) is 16.6. The topological polar surface area (TPSA) is 125 Å². The van der Waals surface area contributed by atoms with Crippen LogP contribution in [-0.4, -0.2) is 31.3 Å². The van der Waals surface area contributed by atoms with Gasteiger partial charge in [-0.2, -0.15) is 0 Å². The number of halogens is 3. The second kappa shape index (κ2) is 9.52. The zero-order chi connectivity index (χ0) is 25.3. The molecule has 0 bridgehead atoms. The minimum absolute atomic E-state index is 0.197. The van der Waals surface area contributed by atoms with Gasteiger partial charge in [0.25, 0.3) is 15.6 Å². The van der Waals surface area contributed by atoms with E-state index in [1.807, 2.05) is 0 Å². The highest BCUT2D eigenvalue weighted by atomic mass is 35.5. The maximum absolute atomic E-state index is 14.8.